The van der Waals surface area contributed by atoms with Crippen molar-refractivity contribution in [2.75, 3.05) is 0 Å². The molecule has 17 heavy (non-hydrogen) atoms. The molecule has 1 rings (SSSR count). The van der Waals surface area contributed by atoms with E-state index in [1.54, 1.807) is 0 Å². The predicted octanol–water partition coefficient (Wildman–Crippen LogP) is 3.97. The van der Waals surface area contributed by atoms with Gasteiger partial charge in [0, 0.05) is 15.1 Å². The van der Waals surface area contributed by atoms with E-state index in [9.17, 15) is 4.79 Å². The van der Waals surface area contributed by atoms with Gasteiger partial charge in [-0.2, -0.15) is 0 Å². The van der Waals surface area contributed by atoms with Gasteiger partial charge >= 0.3 is 6.09 Å². The van der Waals surface area contributed by atoms with Crippen molar-refractivity contribution in [1.82, 2.24) is 5.32 Å². The first-order valence-corrected chi connectivity index (χ1v) is 6.64. The van der Waals surface area contributed by atoms with Gasteiger partial charge in [-0.25, -0.2) is 4.79 Å². The monoisotopic (exact) mass is 367 g/mol. The lowest BCUT2D eigenvalue weighted by Crippen LogP contribution is -2.32. The summed E-state index contributed by atoms with van der Waals surface area (Å²) in [6.45, 7) is 5.90. The standard InChI is InChI=1S/C12H15ClINO2/c1-12(2,3)17-11(16)15-7-8-6-9(13)4-5-10(8)14/h4-6H,7H2,1-3H3,(H,15,16). The van der Waals surface area contributed by atoms with Crippen LogP contribution in [0.15, 0.2) is 18.2 Å². The van der Waals surface area contributed by atoms with Crippen molar-refractivity contribution in [3.05, 3.63) is 32.4 Å². The van der Waals surface area contributed by atoms with E-state index in [0.717, 1.165) is 9.13 Å². The number of carbonyl (C=O) groups is 1. The zero-order valence-electron chi connectivity index (χ0n) is 10.0. The van der Waals surface area contributed by atoms with Crippen LogP contribution in [0.2, 0.25) is 5.02 Å². The molecule has 0 unspecified atom stereocenters. The molecule has 1 aromatic rings. The average molecular weight is 368 g/mol. The SMILES string of the molecule is CC(C)(C)OC(=O)NCc1cc(Cl)ccc1I. The topological polar surface area (TPSA) is 38.3 Å². The van der Waals surface area contributed by atoms with Crippen LogP contribution in [0.4, 0.5) is 4.79 Å². The van der Waals surface area contributed by atoms with Crippen LogP contribution in [0.25, 0.3) is 0 Å². The van der Waals surface area contributed by atoms with Crippen molar-refractivity contribution in [3.8, 4) is 0 Å². The molecular formula is C12H15ClINO2. The maximum absolute atomic E-state index is 11.5. The number of hydrogen-bond acceptors (Lipinski definition) is 2. The number of benzene rings is 1. The molecule has 0 aliphatic rings. The lowest BCUT2D eigenvalue weighted by atomic mass is 10.2. The highest BCUT2D eigenvalue weighted by Gasteiger charge is 2.15. The molecular weight excluding hydrogens is 352 g/mol. The molecule has 0 aromatic heterocycles. The molecule has 0 saturated heterocycles. The van der Waals surface area contributed by atoms with Crippen molar-refractivity contribution < 1.29 is 9.53 Å². The van der Waals surface area contributed by atoms with Crippen LogP contribution in [0.5, 0.6) is 0 Å². The van der Waals surface area contributed by atoms with Gasteiger partial charge in [0.15, 0.2) is 0 Å². The van der Waals surface area contributed by atoms with E-state index in [1.807, 2.05) is 39.0 Å². The van der Waals surface area contributed by atoms with Crippen molar-refractivity contribution in [2.45, 2.75) is 32.9 Å². The van der Waals surface area contributed by atoms with Crippen LogP contribution in [0.3, 0.4) is 0 Å². The Balaban J connectivity index is 2.56. The lowest BCUT2D eigenvalue weighted by molar-refractivity contribution is 0.0523. The highest BCUT2D eigenvalue weighted by atomic mass is 127. The number of ether oxygens (including phenoxy) is 1. The molecule has 1 N–H and O–H groups in total. The van der Waals surface area contributed by atoms with Gasteiger partial charge in [-0.3, -0.25) is 0 Å². The predicted molar refractivity (Wildman–Crippen MR) is 77.2 cm³/mol. The summed E-state index contributed by atoms with van der Waals surface area (Å²) in [6.07, 6.45) is -0.423. The molecule has 0 radical (unpaired) electrons. The Kier molecular flexibility index (Phi) is 5.06. The van der Waals surface area contributed by atoms with Crippen molar-refractivity contribution in [1.29, 1.82) is 0 Å². The Morgan fingerprint density at radius 3 is 2.71 bits per heavy atom. The molecule has 0 atom stereocenters. The highest BCUT2D eigenvalue weighted by Crippen LogP contribution is 2.17. The van der Waals surface area contributed by atoms with Crippen LogP contribution in [0, 0.1) is 3.57 Å². The molecule has 0 fully saturated rings. The van der Waals surface area contributed by atoms with Crippen molar-refractivity contribution >= 4 is 40.3 Å². The largest absolute Gasteiger partial charge is 0.444 e. The van der Waals surface area contributed by atoms with Crippen LogP contribution in [-0.4, -0.2) is 11.7 Å². The zero-order valence-corrected chi connectivity index (χ0v) is 12.9. The van der Waals surface area contributed by atoms with Gasteiger partial charge in [0.2, 0.25) is 0 Å². The number of alkyl carbamates (subject to hydrolysis) is 1. The van der Waals surface area contributed by atoms with Crippen LogP contribution < -0.4 is 5.32 Å². The molecule has 94 valence electrons. The smallest absolute Gasteiger partial charge is 0.407 e. The maximum atomic E-state index is 11.5. The Hall–Kier alpha value is -0.490. The van der Waals surface area contributed by atoms with E-state index >= 15 is 0 Å². The fourth-order valence-electron chi connectivity index (χ4n) is 1.16. The zero-order chi connectivity index (χ0) is 13.1. The molecule has 5 heteroatoms. The summed E-state index contributed by atoms with van der Waals surface area (Å²) in [5.74, 6) is 0. The normalized spacial score (nSPS) is 11.1. The minimum atomic E-state index is -0.481. The second kappa shape index (κ2) is 5.91. The average Bonchev–Trinajstić information content (AvgIpc) is 2.17. The van der Waals surface area contributed by atoms with Gasteiger partial charge in [-0.1, -0.05) is 11.6 Å². The van der Waals surface area contributed by atoms with Crippen LogP contribution in [-0.2, 0) is 11.3 Å². The minimum absolute atomic E-state index is 0.410. The second-order valence-corrected chi connectivity index (χ2v) is 6.19. The number of halogens is 2. The number of rotatable bonds is 2. The van der Waals surface area contributed by atoms with Gasteiger partial charge in [0.05, 0.1) is 0 Å². The Labute approximate surface area is 120 Å². The minimum Gasteiger partial charge on any atom is -0.444 e. The van der Waals surface area contributed by atoms with Crippen LogP contribution >= 0.6 is 34.2 Å². The molecule has 0 saturated carbocycles. The molecule has 0 aliphatic heterocycles. The van der Waals surface area contributed by atoms with E-state index in [0.29, 0.717) is 11.6 Å². The summed E-state index contributed by atoms with van der Waals surface area (Å²) in [7, 11) is 0. The molecule has 3 nitrogen and oxygen atoms in total. The van der Waals surface area contributed by atoms with Crippen molar-refractivity contribution in [3.63, 3.8) is 0 Å². The molecule has 0 aliphatic carbocycles. The van der Waals surface area contributed by atoms with Gasteiger partial charge in [0.25, 0.3) is 0 Å². The van der Waals surface area contributed by atoms with Gasteiger partial charge in [-0.05, 0) is 67.1 Å². The quantitative estimate of drug-likeness (QED) is 0.803. The molecule has 1 amide bonds. The summed E-state index contributed by atoms with van der Waals surface area (Å²) < 4.78 is 6.20. The fraction of sp³-hybridized carbons (Fsp3) is 0.417. The summed E-state index contributed by atoms with van der Waals surface area (Å²) in [4.78, 5) is 11.5. The number of nitrogens with one attached hydrogen (secondary N) is 1. The summed E-state index contributed by atoms with van der Waals surface area (Å²) in [5.41, 5.74) is 0.495. The third-order valence-corrected chi connectivity index (χ3v) is 3.12. The Morgan fingerprint density at radius 2 is 2.12 bits per heavy atom. The van der Waals surface area contributed by atoms with E-state index in [1.165, 1.54) is 0 Å². The Morgan fingerprint density at radius 1 is 1.47 bits per heavy atom. The van der Waals surface area contributed by atoms with E-state index < -0.39 is 11.7 Å². The molecule has 1 aromatic carbocycles. The lowest BCUT2D eigenvalue weighted by Gasteiger charge is -2.19. The van der Waals surface area contributed by atoms with E-state index in [4.69, 9.17) is 16.3 Å². The molecule has 0 bridgehead atoms. The number of carbonyl (C=O) groups excluding carboxylic acids is 1. The van der Waals surface area contributed by atoms with E-state index in [2.05, 4.69) is 27.9 Å². The third-order valence-electron chi connectivity index (χ3n) is 1.83. The van der Waals surface area contributed by atoms with Crippen molar-refractivity contribution in [2.24, 2.45) is 0 Å². The number of hydrogen-bond donors (Lipinski definition) is 1. The molecule has 0 spiro atoms. The third kappa shape index (κ3) is 5.59. The van der Waals surface area contributed by atoms with Crippen LogP contribution in [0.1, 0.15) is 26.3 Å². The second-order valence-electron chi connectivity index (χ2n) is 4.59. The first-order valence-electron chi connectivity index (χ1n) is 5.19. The van der Waals surface area contributed by atoms with E-state index in [-0.39, 0.29) is 0 Å². The molecule has 0 heterocycles. The first-order chi connectivity index (χ1) is 7.78. The summed E-state index contributed by atoms with van der Waals surface area (Å²) >= 11 is 8.09. The van der Waals surface area contributed by atoms with Gasteiger partial charge in [0.1, 0.15) is 5.60 Å². The maximum Gasteiger partial charge on any atom is 0.407 e. The Bertz CT molecular complexity index is 415. The fourth-order valence-corrected chi connectivity index (χ4v) is 1.88. The van der Waals surface area contributed by atoms with Gasteiger partial charge in [-0.15, -0.1) is 0 Å². The van der Waals surface area contributed by atoms with Gasteiger partial charge < -0.3 is 10.1 Å². The first kappa shape index (κ1) is 14.6. The summed E-state index contributed by atoms with van der Waals surface area (Å²) in [5, 5.41) is 3.36. The highest BCUT2D eigenvalue weighted by molar-refractivity contribution is 14.1. The number of amides is 1. The summed E-state index contributed by atoms with van der Waals surface area (Å²) in [6, 6.07) is 5.57.